The summed E-state index contributed by atoms with van der Waals surface area (Å²) in [5.74, 6) is -0.226. The van der Waals surface area contributed by atoms with Crippen LogP contribution in [-0.4, -0.2) is 11.9 Å². The lowest BCUT2D eigenvalue weighted by molar-refractivity contribution is -0.117. The first-order valence-electron chi connectivity index (χ1n) is 8.31. The molecule has 24 heavy (non-hydrogen) atoms. The number of aryl methyl sites for hydroxylation is 2. The summed E-state index contributed by atoms with van der Waals surface area (Å²) in [4.78, 5) is 12.1. The average Bonchev–Trinajstić information content (AvgIpc) is 3.35. The van der Waals surface area contributed by atoms with E-state index in [9.17, 15) is 9.18 Å². The van der Waals surface area contributed by atoms with Crippen LogP contribution in [0.1, 0.15) is 36.5 Å². The summed E-state index contributed by atoms with van der Waals surface area (Å²) in [7, 11) is 0. The number of amides is 1. The summed E-state index contributed by atoms with van der Waals surface area (Å²) >= 11 is 0. The Morgan fingerprint density at radius 2 is 1.83 bits per heavy atom. The van der Waals surface area contributed by atoms with Gasteiger partial charge in [-0.3, -0.25) is 4.79 Å². The van der Waals surface area contributed by atoms with Gasteiger partial charge in [0.2, 0.25) is 5.91 Å². The van der Waals surface area contributed by atoms with E-state index in [0.717, 1.165) is 35.1 Å². The molecule has 0 atom stereocenters. The van der Waals surface area contributed by atoms with Gasteiger partial charge >= 0.3 is 0 Å². The van der Waals surface area contributed by atoms with Gasteiger partial charge in [0, 0.05) is 17.2 Å². The first-order chi connectivity index (χ1) is 11.5. The Morgan fingerprint density at radius 1 is 1.12 bits per heavy atom. The van der Waals surface area contributed by atoms with E-state index in [-0.39, 0.29) is 11.7 Å². The van der Waals surface area contributed by atoms with Crippen LogP contribution in [0.25, 0.3) is 17.2 Å². The van der Waals surface area contributed by atoms with Gasteiger partial charge in [-0.1, -0.05) is 30.3 Å². The van der Waals surface area contributed by atoms with Crippen molar-refractivity contribution in [1.82, 2.24) is 5.32 Å². The number of benzene rings is 2. The molecule has 1 saturated carbocycles. The fourth-order valence-corrected chi connectivity index (χ4v) is 2.79. The minimum atomic E-state index is -0.219. The second-order valence-electron chi connectivity index (χ2n) is 6.58. The zero-order valence-electron chi connectivity index (χ0n) is 14.3. The number of hydrogen-bond acceptors (Lipinski definition) is 1. The van der Waals surface area contributed by atoms with Crippen LogP contribution >= 0.6 is 0 Å². The van der Waals surface area contributed by atoms with Crippen LogP contribution < -0.4 is 5.32 Å². The number of nitrogens with one attached hydrogen (secondary N) is 1. The lowest BCUT2D eigenvalue weighted by atomic mass is 9.94. The Morgan fingerprint density at radius 3 is 2.50 bits per heavy atom. The van der Waals surface area contributed by atoms with E-state index in [0.29, 0.717) is 17.2 Å². The van der Waals surface area contributed by atoms with Crippen molar-refractivity contribution in [2.75, 3.05) is 0 Å². The number of hydrogen-bond donors (Lipinski definition) is 1. The van der Waals surface area contributed by atoms with Gasteiger partial charge in [0.15, 0.2) is 0 Å². The molecule has 0 spiro atoms. The van der Waals surface area contributed by atoms with Gasteiger partial charge in [-0.15, -0.1) is 0 Å². The fraction of sp³-hybridized carbons (Fsp3) is 0.286. The predicted molar refractivity (Wildman–Crippen MR) is 96.1 cm³/mol. The van der Waals surface area contributed by atoms with Crippen molar-refractivity contribution >= 4 is 12.0 Å². The Bertz CT molecular complexity index is 819. The van der Waals surface area contributed by atoms with E-state index in [4.69, 9.17) is 0 Å². The first-order valence-corrected chi connectivity index (χ1v) is 8.31. The smallest absolute Gasteiger partial charge is 0.247 e. The molecule has 0 saturated heterocycles. The van der Waals surface area contributed by atoms with E-state index in [1.165, 1.54) is 6.07 Å². The van der Waals surface area contributed by atoms with Crippen LogP contribution in [0.5, 0.6) is 0 Å². The van der Waals surface area contributed by atoms with E-state index >= 15 is 0 Å². The van der Waals surface area contributed by atoms with E-state index < -0.39 is 0 Å². The van der Waals surface area contributed by atoms with Gasteiger partial charge in [-0.2, -0.15) is 0 Å². The quantitative estimate of drug-likeness (QED) is 0.805. The number of halogens is 1. The molecule has 1 N–H and O–H groups in total. The van der Waals surface area contributed by atoms with Crippen LogP contribution in [0.15, 0.2) is 42.0 Å². The molecule has 1 aliphatic carbocycles. The summed E-state index contributed by atoms with van der Waals surface area (Å²) < 4.78 is 14.1. The third-order valence-electron chi connectivity index (χ3n) is 4.42. The molecule has 1 fully saturated rings. The lowest BCUT2D eigenvalue weighted by Gasteiger charge is -2.12. The maximum atomic E-state index is 14.1. The highest BCUT2D eigenvalue weighted by atomic mass is 19.1. The van der Waals surface area contributed by atoms with Crippen molar-refractivity contribution in [3.05, 3.63) is 64.5 Å². The Balaban J connectivity index is 1.92. The van der Waals surface area contributed by atoms with Crippen LogP contribution in [0.4, 0.5) is 4.39 Å². The summed E-state index contributed by atoms with van der Waals surface area (Å²) in [6.07, 6.45) is 4.06. The molecule has 2 aromatic carbocycles. The second-order valence-corrected chi connectivity index (χ2v) is 6.58. The van der Waals surface area contributed by atoms with Crippen LogP contribution in [0, 0.1) is 19.7 Å². The summed E-state index contributed by atoms with van der Waals surface area (Å²) in [5.41, 5.74) is 5.21. The highest BCUT2D eigenvalue weighted by Gasteiger charge is 2.23. The molecule has 3 rings (SSSR count). The Hall–Kier alpha value is -2.42. The largest absolute Gasteiger partial charge is 0.350 e. The molecule has 0 aliphatic heterocycles. The van der Waals surface area contributed by atoms with Crippen molar-refractivity contribution in [1.29, 1.82) is 0 Å². The van der Waals surface area contributed by atoms with Crippen LogP contribution in [-0.2, 0) is 4.79 Å². The molecule has 0 aromatic heterocycles. The van der Waals surface area contributed by atoms with Crippen molar-refractivity contribution in [3.63, 3.8) is 0 Å². The molecule has 124 valence electrons. The molecule has 1 aliphatic rings. The molecule has 3 heteroatoms. The molecule has 0 bridgehead atoms. The summed E-state index contributed by atoms with van der Waals surface area (Å²) in [5, 5.41) is 3.00. The lowest BCUT2D eigenvalue weighted by Crippen LogP contribution is -2.25. The number of carbonyl (C=O) groups is 1. The molecular formula is C21H22FNO. The first kappa shape index (κ1) is 16.4. The standard InChI is InChI=1S/C21H22FNO/c1-13-12-19(18-6-4-5-7-20(18)22)14(2)10-16(13)11-15(3)21(24)23-17-8-9-17/h4-7,10-12,17H,8-9H2,1-3H3,(H,23,24)/b15-11+. The van der Waals surface area contributed by atoms with E-state index in [2.05, 4.69) is 5.32 Å². The highest BCUT2D eigenvalue weighted by molar-refractivity contribution is 5.97. The maximum Gasteiger partial charge on any atom is 0.247 e. The van der Waals surface area contributed by atoms with Crippen molar-refractivity contribution in [3.8, 4) is 11.1 Å². The molecule has 1 amide bonds. The summed E-state index contributed by atoms with van der Waals surface area (Å²) in [6, 6.07) is 11.2. The molecule has 2 aromatic rings. The van der Waals surface area contributed by atoms with Crippen molar-refractivity contribution in [2.24, 2.45) is 0 Å². The third-order valence-corrected chi connectivity index (χ3v) is 4.42. The second kappa shape index (κ2) is 6.60. The number of rotatable bonds is 4. The Labute approximate surface area is 142 Å². The summed E-state index contributed by atoms with van der Waals surface area (Å²) in [6.45, 7) is 5.79. The van der Waals surface area contributed by atoms with Gasteiger partial charge in [0.1, 0.15) is 5.82 Å². The van der Waals surface area contributed by atoms with Gasteiger partial charge in [-0.25, -0.2) is 4.39 Å². The topological polar surface area (TPSA) is 29.1 Å². The Kier molecular flexibility index (Phi) is 4.52. The minimum absolute atomic E-state index is 0.00673. The van der Waals surface area contributed by atoms with Crippen LogP contribution in [0.2, 0.25) is 0 Å². The van der Waals surface area contributed by atoms with E-state index in [1.807, 2.05) is 45.0 Å². The maximum absolute atomic E-state index is 14.1. The van der Waals surface area contributed by atoms with Crippen LogP contribution in [0.3, 0.4) is 0 Å². The molecule has 2 nitrogen and oxygen atoms in total. The van der Waals surface area contributed by atoms with Gasteiger partial charge < -0.3 is 5.32 Å². The van der Waals surface area contributed by atoms with Gasteiger partial charge in [-0.05, 0) is 68.0 Å². The number of carbonyl (C=O) groups excluding carboxylic acids is 1. The van der Waals surface area contributed by atoms with Crippen molar-refractivity contribution in [2.45, 2.75) is 39.7 Å². The molecule has 0 unspecified atom stereocenters. The zero-order valence-corrected chi connectivity index (χ0v) is 14.3. The highest BCUT2D eigenvalue weighted by Crippen LogP contribution is 2.29. The van der Waals surface area contributed by atoms with Gasteiger partial charge in [0.25, 0.3) is 0 Å². The normalized spacial score (nSPS) is 14.6. The SMILES string of the molecule is C/C(=C\c1cc(C)c(-c2ccccc2F)cc1C)C(=O)NC1CC1. The zero-order chi connectivity index (χ0) is 17.3. The molecule has 0 heterocycles. The third kappa shape index (κ3) is 3.56. The molecule has 0 radical (unpaired) electrons. The van der Waals surface area contributed by atoms with Gasteiger partial charge in [0.05, 0.1) is 0 Å². The monoisotopic (exact) mass is 323 g/mol. The molecular weight excluding hydrogens is 301 g/mol. The fourth-order valence-electron chi connectivity index (χ4n) is 2.79. The minimum Gasteiger partial charge on any atom is -0.350 e. The average molecular weight is 323 g/mol. The predicted octanol–water partition coefficient (Wildman–Crippen LogP) is 4.79. The van der Waals surface area contributed by atoms with Crippen molar-refractivity contribution < 1.29 is 9.18 Å². The van der Waals surface area contributed by atoms with E-state index in [1.54, 1.807) is 12.1 Å².